The van der Waals surface area contributed by atoms with Gasteiger partial charge in [-0.15, -0.1) is 0 Å². The van der Waals surface area contributed by atoms with E-state index in [0.717, 1.165) is 11.1 Å². The molecule has 0 aromatic heterocycles. The van der Waals surface area contributed by atoms with Crippen LogP contribution in [0.15, 0.2) is 77.9 Å². The van der Waals surface area contributed by atoms with Crippen LogP contribution in [0, 0.1) is 18.3 Å². The number of carbonyl (C=O) groups excluding carboxylic acids is 1. The molecule has 0 aliphatic rings. The summed E-state index contributed by atoms with van der Waals surface area (Å²) in [5.41, 5.74) is 6.63. The normalized spacial score (nSPS) is 10.4. The van der Waals surface area contributed by atoms with Gasteiger partial charge < -0.3 is 4.74 Å². The van der Waals surface area contributed by atoms with E-state index in [1.54, 1.807) is 48.5 Å². The fourth-order valence-electron chi connectivity index (χ4n) is 2.43. The molecule has 5 heteroatoms. The van der Waals surface area contributed by atoms with Gasteiger partial charge in [0.05, 0.1) is 17.8 Å². The maximum Gasteiger partial charge on any atom is 0.271 e. The first-order valence-electron chi connectivity index (χ1n) is 8.76. The molecular formula is C23H19N3O2. The van der Waals surface area contributed by atoms with Crippen LogP contribution < -0.4 is 10.2 Å². The summed E-state index contributed by atoms with van der Waals surface area (Å²) >= 11 is 0. The summed E-state index contributed by atoms with van der Waals surface area (Å²) in [5, 5.41) is 12.7. The molecule has 1 amide bonds. The Morgan fingerprint density at radius 3 is 2.36 bits per heavy atom. The molecule has 0 saturated heterocycles. The summed E-state index contributed by atoms with van der Waals surface area (Å²) in [4.78, 5) is 12.1. The first-order valence-corrected chi connectivity index (χ1v) is 8.76. The largest absolute Gasteiger partial charge is 0.489 e. The van der Waals surface area contributed by atoms with Gasteiger partial charge >= 0.3 is 0 Å². The molecule has 3 rings (SSSR count). The highest BCUT2D eigenvalue weighted by Crippen LogP contribution is 2.14. The molecule has 0 radical (unpaired) electrons. The van der Waals surface area contributed by atoms with Crippen LogP contribution in [-0.2, 0) is 6.61 Å². The lowest BCUT2D eigenvalue weighted by atomic mass is 10.2. The molecule has 0 bridgehead atoms. The highest BCUT2D eigenvalue weighted by atomic mass is 16.5. The molecule has 0 aliphatic carbocycles. The van der Waals surface area contributed by atoms with Crippen molar-refractivity contribution in [3.8, 4) is 11.8 Å². The zero-order valence-corrected chi connectivity index (χ0v) is 15.4. The molecule has 1 N–H and O–H groups in total. The molecule has 28 heavy (non-hydrogen) atoms. The second kappa shape index (κ2) is 9.15. The van der Waals surface area contributed by atoms with Crippen LogP contribution in [0.5, 0.6) is 5.75 Å². The van der Waals surface area contributed by atoms with E-state index in [1.807, 2.05) is 31.2 Å². The van der Waals surface area contributed by atoms with Crippen molar-refractivity contribution in [1.82, 2.24) is 5.43 Å². The average Bonchev–Trinajstić information content (AvgIpc) is 2.74. The third-order valence-corrected chi connectivity index (χ3v) is 4.06. The number of hydrogen-bond donors (Lipinski definition) is 1. The Bertz CT molecular complexity index is 1000. The van der Waals surface area contributed by atoms with Gasteiger partial charge in [0.15, 0.2) is 0 Å². The van der Waals surface area contributed by atoms with E-state index < -0.39 is 0 Å². The van der Waals surface area contributed by atoms with Crippen LogP contribution in [-0.4, -0.2) is 12.1 Å². The molecular weight excluding hydrogens is 350 g/mol. The summed E-state index contributed by atoms with van der Waals surface area (Å²) < 4.78 is 5.74. The Kier molecular flexibility index (Phi) is 6.17. The fraction of sp³-hybridized carbons (Fsp3) is 0.0870. The topological polar surface area (TPSA) is 74.5 Å². The van der Waals surface area contributed by atoms with Crippen molar-refractivity contribution < 1.29 is 9.53 Å². The molecule has 0 heterocycles. The van der Waals surface area contributed by atoms with E-state index in [-0.39, 0.29) is 5.91 Å². The van der Waals surface area contributed by atoms with E-state index in [2.05, 4.69) is 16.6 Å². The monoisotopic (exact) mass is 369 g/mol. The molecule has 0 fully saturated rings. The van der Waals surface area contributed by atoms with E-state index in [0.29, 0.717) is 23.5 Å². The van der Waals surface area contributed by atoms with Crippen LogP contribution in [0.25, 0.3) is 0 Å². The molecule has 5 nitrogen and oxygen atoms in total. The van der Waals surface area contributed by atoms with Crippen molar-refractivity contribution in [3.63, 3.8) is 0 Å². The maximum atomic E-state index is 12.1. The number of benzene rings is 3. The Hall–Kier alpha value is -3.91. The predicted molar refractivity (Wildman–Crippen MR) is 108 cm³/mol. The maximum absolute atomic E-state index is 12.1. The van der Waals surface area contributed by atoms with Crippen LogP contribution in [0.3, 0.4) is 0 Å². The number of hydrogen-bond acceptors (Lipinski definition) is 4. The number of aryl methyl sites for hydroxylation is 1. The quantitative estimate of drug-likeness (QED) is 0.522. The number of ether oxygens (including phenoxy) is 1. The van der Waals surface area contributed by atoms with Gasteiger partial charge in [-0.25, -0.2) is 5.43 Å². The molecule has 3 aromatic carbocycles. The smallest absolute Gasteiger partial charge is 0.271 e. The Balaban J connectivity index is 1.52. The summed E-state index contributed by atoms with van der Waals surface area (Å²) in [6.07, 6.45) is 1.53. The van der Waals surface area contributed by atoms with Gasteiger partial charge in [-0.1, -0.05) is 42.0 Å². The van der Waals surface area contributed by atoms with Gasteiger partial charge in [-0.3, -0.25) is 4.79 Å². The number of nitrogens with one attached hydrogen (secondary N) is 1. The van der Waals surface area contributed by atoms with Crippen molar-refractivity contribution >= 4 is 12.1 Å². The minimum Gasteiger partial charge on any atom is -0.489 e. The molecule has 0 spiro atoms. The molecule has 138 valence electrons. The lowest BCUT2D eigenvalue weighted by Gasteiger charge is -2.07. The predicted octanol–water partition coefficient (Wildman–Crippen LogP) is 4.21. The van der Waals surface area contributed by atoms with Crippen molar-refractivity contribution in [2.24, 2.45) is 5.10 Å². The highest BCUT2D eigenvalue weighted by Gasteiger charge is 2.04. The number of rotatable bonds is 6. The number of nitrogens with zero attached hydrogens (tertiary/aromatic N) is 2. The zero-order chi connectivity index (χ0) is 19.8. The van der Waals surface area contributed by atoms with E-state index >= 15 is 0 Å². The Labute approximate surface area is 163 Å². The third kappa shape index (κ3) is 5.29. The molecule has 0 aliphatic heterocycles. The average molecular weight is 369 g/mol. The number of nitriles is 1. The summed E-state index contributed by atoms with van der Waals surface area (Å²) in [7, 11) is 0. The van der Waals surface area contributed by atoms with Crippen LogP contribution in [0.2, 0.25) is 0 Å². The van der Waals surface area contributed by atoms with Gasteiger partial charge in [-0.05, 0) is 54.4 Å². The molecule has 0 atom stereocenters. The lowest BCUT2D eigenvalue weighted by Crippen LogP contribution is -2.17. The number of carbonyl (C=O) groups is 1. The first kappa shape index (κ1) is 18.9. The molecule has 0 unspecified atom stereocenters. The molecule has 0 saturated carbocycles. The summed E-state index contributed by atoms with van der Waals surface area (Å²) in [5.74, 6) is 0.383. The summed E-state index contributed by atoms with van der Waals surface area (Å²) in [6.45, 7) is 2.52. The van der Waals surface area contributed by atoms with Crippen molar-refractivity contribution in [3.05, 3.63) is 101 Å². The lowest BCUT2D eigenvalue weighted by molar-refractivity contribution is 0.0955. The first-order chi connectivity index (χ1) is 13.6. The van der Waals surface area contributed by atoms with Crippen molar-refractivity contribution in [2.75, 3.05) is 0 Å². The Morgan fingerprint density at radius 1 is 1.04 bits per heavy atom. The van der Waals surface area contributed by atoms with Gasteiger partial charge in [-0.2, -0.15) is 10.4 Å². The van der Waals surface area contributed by atoms with Crippen molar-refractivity contribution in [1.29, 1.82) is 5.26 Å². The van der Waals surface area contributed by atoms with Crippen LogP contribution in [0.4, 0.5) is 0 Å². The van der Waals surface area contributed by atoms with E-state index in [1.165, 1.54) is 11.8 Å². The van der Waals surface area contributed by atoms with Crippen LogP contribution >= 0.6 is 0 Å². The van der Waals surface area contributed by atoms with Gasteiger partial charge in [0.2, 0.25) is 0 Å². The highest BCUT2D eigenvalue weighted by molar-refractivity contribution is 5.95. The summed E-state index contributed by atoms with van der Waals surface area (Å²) in [6, 6.07) is 24.0. The number of amides is 1. The van der Waals surface area contributed by atoms with Gasteiger partial charge in [0, 0.05) is 5.56 Å². The minimum absolute atomic E-state index is 0.310. The second-order valence-electron chi connectivity index (χ2n) is 6.23. The van der Waals surface area contributed by atoms with E-state index in [4.69, 9.17) is 10.00 Å². The fourth-order valence-corrected chi connectivity index (χ4v) is 2.43. The third-order valence-electron chi connectivity index (χ3n) is 4.06. The van der Waals surface area contributed by atoms with Crippen LogP contribution in [0.1, 0.15) is 32.6 Å². The van der Waals surface area contributed by atoms with Gasteiger partial charge in [0.25, 0.3) is 5.91 Å². The van der Waals surface area contributed by atoms with E-state index in [9.17, 15) is 4.79 Å². The standard InChI is InChI=1S/C23H19N3O2/c1-17-2-4-20(5-3-17)16-28-22-12-10-21(11-13-22)23(27)26-25-15-19-8-6-18(14-24)7-9-19/h2-13,15H,16H2,1H3,(H,26,27). The molecule has 3 aromatic rings. The van der Waals surface area contributed by atoms with Crippen molar-refractivity contribution in [2.45, 2.75) is 13.5 Å². The second-order valence-corrected chi connectivity index (χ2v) is 6.23. The number of hydrazone groups is 1. The Morgan fingerprint density at radius 2 is 1.71 bits per heavy atom. The minimum atomic E-state index is -0.310. The van der Waals surface area contributed by atoms with Gasteiger partial charge in [0.1, 0.15) is 12.4 Å². The SMILES string of the molecule is Cc1ccc(COc2ccc(C(=O)NN=Cc3ccc(C#N)cc3)cc2)cc1. The zero-order valence-electron chi connectivity index (χ0n) is 15.4.